The number of aromatic nitrogens is 1. The van der Waals surface area contributed by atoms with E-state index in [4.69, 9.17) is 5.26 Å². The van der Waals surface area contributed by atoms with Crippen LogP contribution in [0, 0.1) is 17.1 Å². The van der Waals surface area contributed by atoms with Crippen molar-refractivity contribution in [2.45, 2.75) is 6.18 Å². The average Bonchev–Trinajstić information content (AvgIpc) is 2.37. The predicted octanol–water partition coefficient (Wildman–Crippen LogP) is 3.78. The van der Waals surface area contributed by atoms with Gasteiger partial charge in [0.25, 0.3) is 0 Å². The third kappa shape index (κ3) is 2.55. The number of pyridine rings is 1. The Balaban J connectivity index is 2.61. The van der Waals surface area contributed by atoms with Crippen LogP contribution in [0.4, 0.5) is 17.6 Å². The van der Waals surface area contributed by atoms with Crippen LogP contribution in [0.2, 0.25) is 0 Å². The van der Waals surface area contributed by atoms with E-state index in [0.29, 0.717) is 6.07 Å². The monoisotopic (exact) mass is 266 g/mol. The van der Waals surface area contributed by atoms with Crippen molar-refractivity contribution >= 4 is 0 Å². The number of nitriles is 1. The molecule has 1 heterocycles. The van der Waals surface area contributed by atoms with Gasteiger partial charge >= 0.3 is 6.18 Å². The third-order valence-corrected chi connectivity index (χ3v) is 2.49. The van der Waals surface area contributed by atoms with Crippen LogP contribution in [-0.4, -0.2) is 4.98 Å². The van der Waals surface area contributed by atoms with Gasteiger partial charge in [-0.2, -0.15) is 18.4 Å². The summed E-state index contributed by atoms with van der Waals surface area (Å²) in [6, 6.07) is 7.34. The number of alkyl halides is 3. The smallest absolute Gasteiger partial charge is 0.246 e. The van der Waals surface area contributed by atoms with E-state index in [1.165, 1.54) is 24.4 Å². The molecule has 0 atom stereocenters. The molecule has 0 aliphatic heterocycles. The largest absolute Gasteiger partial charge is 0.419 e. The molecule has 0 unspecified atom stereocenters. The van der Waals surface area contributed by atoms with Gasteiger partial charge in [0.2, 0.25) is 0 Å². The Morgan fingerprint density at radius 2 is 1.89 bits per heavy atom. The van der Waals surface area contributed by atoms with Crippen LogP contribution in [-0.2, 0) is 6.18 Å². The van der Waals surface area contributed by atoms with Crippen LogP contribution in [0.15, 0.2) is 36.5 Å². The maximum absolute atomic E-state index is 13.9. The molecule has 0 N–H and O–H groups in total. The summed E-state index contributed by atoms with van der Waals surface area (Å²) in [6.45, 7) is 0. The minimum Gasteiger partial charge on any atom is -0.246 e. The molecule has 0 radical (unpaired) electrons. The van der Waals surface area contributed by atoms with Gasteiger partial charge in [-0.15, -0.1) is 0 Å². The molecule has 1 aromatic carbocycles. The zero-order valence-electron chi connectivity index (χ0n) is 9.37. The topological polar surface area (TPSA) is 36.7 Å². The second-order valence-corrected chi connectivity index (χ2v) is 3.71. The van der Waals surface area contributed by atoms with Crippen LogP contribution in [0.1, 0.15) is 11.3 Å². The van der Waals surface area contributed by atoms with Gasteiger partial charge in [0, 0.05) is 11.8 Å². The van der Waals surface area contributed by atoms with Gasteiger partial charge in [-0.1, -0.05) is 12.1 Å². The number of hydrogen-bond donors (Lipinski definition) is 0. The molecule has 2 nitrogen and oxygen atoms in total. The quantitative estimate of drug-likeness (QED) is 0.736. The molecule has 0 aliphatic carbocycles. The van der Waals surface area contributed by atoms with Crippen molar-refractivity contribution in [2.75, 3.05) is 0 Å². The molecular formula is C13H6F4N2. The summed E-state index contributed by atoms with van der Waals surface area (Å²) in [6.07, 6.45) is -3.52. The van der Waals surface area contributed by atoms with Crippen molar-refractivity contribution in [2.24, 2.45) is 0 Å². The summed E-state index contributed by atoms with van der Waals surface area (Å²) in [7, 11) is 0. The second-order valence-electron chi connectivity index (χ2n) is 3.71. The molecule has 0 aliphatic rings. The van der Waals surface area contributed by atoms with E-state index < -0.39 is 17.6 Å². The molecule has 0 saturated heterocycles. The summed E-state index contributed by atoms with van der Waals surface area (Å²) >= 11 is 0. The van der Waals surface area contributed by atoms with E-state index in [1.54, 1.807) is 6.07 Å². The van der Waals surface area contributed by atoms with Crippen molar-refractivity contribution in [3.05, 3.63) is 53.6 Å². The first-order valence-electron chi connectivity index (χ1n) is 5.15. The van der Waals surface area contributed by atoms with Gasteiger partial charge in [-0.05, 0) is 23.8 Å². The minimum atomic E-state index is -4.76. The SMILES string of the molecule is N#Cc1cc(-c2cccc(C(F)(F)F)c2F)ccn1. The maximum atomic E-state index is 13.9. The molecule has 0 saturated carbocycles. The van der Waals surface area contributed by atoms with Crippen molar-refractivity contribution in [1.82, 2.24) is 4.98 Å². The van der Waals surface area contributed by atoms with Gasteiger partial charge in [-0.3, -0.25) is 0 Å². The van der Waals surface area contributed by atoms with Crippen molar-refractivity contribution in [3.63, 3.8) is 0 Å². The van der Waals surface area contributed by atoms with Gasteiger partial charge in [0.05, 0.1) is 5.56 Å². The number of halogens is 4. The highest BCUT2D eigenvalue weighted by atomic mass is 19.4. The molecule has 6 heteroatoms. The lowest BCUT2D eigenvalue weighted by Crippen LogP contribution is -2.08. The van der Waals surface area contributed by atoms with E-state index in [-0.39, 0.29) is 16.8 Å². The molecule has 2 rings (SSSR count). The average molecular weight is 266 g/mol. The molecule has 19 heavy (non-hydrogen) atoms. The Morgan fingerprint density at radius 3 is 2.53 bits per heavy atom. The van der Waals surface area contributed by atoms with Crippen LogP contribution in [0.5, 0.6) is 0 Å². The van der Waals surface area contributed by atoms with E-state index in [9.17, 15) is 17.6 Å². The standard InChI is InChI=1S/C13H6F4N2/c14-12-10(2-1-3-11(12)13(15,16)17)8-4-5-19-9(6-8)7-18/h1-6H. The fourth-order valence-corrected chi connectivity index (χ4v) is 1.63. The zero-order chi connectivity index (χ0) is 14.0. The molecule has 0 fully saturated rings. The van der Waals surface area contributed by atoms with Gasteiger partial charge in [-0.25, -0.2) is 9.37 Å². The maximum Gasteiger partial charge on any atom is 0.419 e. The fraction of sp³-hybridized carbons (Fsp3) is 0.0769. The molecular weight excluding hydrogens is 260 g/mol. The van der Waals surface area contributed by atoms with Crippen LogP contribution < -0.4 is 0 Å². The molecule has 0 spiro atoms. The summed E-state index contributed by atoms with van der Waals surface area (Å²) in [4.78, 5) is 3.68. The first-order valence-corrected chi connectivity index (χ1v) is 5.15. The van der Waals surface area contributed by atoms with E-state index in [2.05, 4.69) is 4.98 Å². The Labute approximate surface area is 105 Å². The van der Waals surface area contributed by atoms with Crippen LogP contribution in [0.25, 0.3) is 11.1 Å². The lowest BCUT2D eigenvalue weighted by atomic mass is 10.0. The lowest BCUT2D eigenvalue weighted by molar-refractivity contribution is -0.139. The molecule has 0 bridgehead atoms. The lowest BCUT2D eigenvalue weighted by Gasteiger charge is -2.11. The van der Waals surface area contributed by atoms with Gasteiger partial charge in [0.1, 0.15) is 17.6 Å². The highest BCUT2D eigenvalue weighted by Gasteiger charge is 2.34. The summed E-state index contributed by atoms with van der Waals surface area (Å²) < 4.78 is 51.6. The highest BCUT2D eigenvalue weighted by molar-refractivity contribution is 5.66. The van der Waals surface area contributed by atoms with E-state index >= 15 is 0 Å². The normalized spacial score (nSPS) is 11.1. The Kier molecular flexibility index (Phi) is 3.21. The Hall–Kier alpha value is -2.42. The van der Waals surface area contributed by atoms with Crippen molar-refractivity contribution in [1.29, 1.82) is 5.26 Å². The first-order chi connectivity index (χ1) is 8.93. The summed E-state index contributed by atoms with van der Waals surface area (Å²) in [5.41, 5.74) is -1.36. The van der Waals surface area contributed by atoms with Crippen LogP contribution >= 0.6 is 0 Å². The second kappa shape index (κ2) is 4.69. The number of hydrogen-bond acceptors (Lipinski definition) is 2. The van der Waals surface area contributed by atoms with E-state index in [0.717, 1.165) is 6.07 Å². The summed E-state index contributed by atoms with van der Waals surface area (Å²) in [5, 5.41) is 8.68. The third-order valence-electron chi connectivity index (χ3n) is 2.49. The molecule has 0 amide bonds. The fourth-order valence-electron chi connectivity index (χ4n) is 1.63. The Morgan fingerprint density at radius 1 is 1.16 bits per heavy atom. The van der Waals surface area contributed by atoms with Crippen molar-refractivity contribution in [3.8, 4) is 17.2 Å². The predicted molar refractivity (Wildman–Crippen MR) is 59.3 cm³/mol. The molecule has 1 aromatic heterocycles. The van der Waals surface area contributed by atoms with Crippen molar-refractivity contribution < 1.29 is 17.6 Å². The summed E-state index contributed by atoms with van der Waals surface area (Å²) in [5.74, 6) is -1.36. The Bertz CT molecular complexity index is 656. The van der Waals surface area contributed by atoms with Gasteiger partial charge < -0.3 is 0 Å². The minimum absolute atomic E-state index is 0.00862. The first kappa shape index (κ1) is 13.0. The number of nitrogens with zero attached hydrogens (tertiary/aromatic N) is 2. The zero-order valence-corrected chi connectivity index (χ0v) is 9.37. The highest BCUT2D eigenvalue weighted by Crippen LogP contribution is 2.35. The number of benzene rings is 1. The molecule has 96 valence electrons. The van der Waals surface area contributed by atoms with E-state index in [1.807, 2.05) is 0 Å². The molecule has 2 aromatic rings. The number of rotatable bonds is 1. The van der Waals surface area contributed by atoms with Gasteiger partial charge in [0.15, 0.2) is 0 Å². The van der Waals surface area contributed by atoms with Crippen LogP contribution in [0.3, 0.4) is 0 Å².